The molecule has 1 aromatic heterocycles. The van der Waals surface area contributed by atoms with Gasteiger partial charge in [-0.25, -0.2) is 15.0 Å². The van der Waals surface area contributed by atoms with Gasteiger partial charge in [0.1, 0.15) is 18.5 Å². The quantitative estimate of drug-likeness (QED) is 0.632. The Labute approximate surface area is 82.4 Å². The summed E-state index contributed by atoms with van der Waals surface area (Å²) in [6.45, 7) is 2.75. The van der Waals surface area contributed by atoms with Crippen LogP contribution in [0.25, 0.3) is 0 Å². The number of nitrogens with one attached hydrogen (secondary N) is 1. The Morgan fingerprint density at radius 1 is 1.43 bits per heavy atom. The average Bonchev–Trinajstić information content (AvgIpc) is 2.78. The van der Waals surface area contributed by atoms with E-state index in [1.54, 1.807) is 0 Å². The maximum Gasteiger partial charge on any atom is 0.134 e. The fourth-order valence-corrected chi connectivity index (χ4v) is 0.853. The molecule has 1 saturated heterocycles. The molecule has 2 rings (SSSR count). The van der Waals surface area contributed by atoms with Gasteiger partial charge < -0.3 is 9.84 Å². The van der Waals surface area contributed by atoms with Crippen LogP contribution >= 0.6 is 0 Å². The zero-order chi connectivity index (χ0) is 10.1. The van der Waals surface area contributed by atoms with Gasteiger partial charge in [-0.05, 0) is 0 Å². The molecule has 78 valence electrons. The highest BCUT2D eigenvalue weighted by Crippen LogP contribution is 1.83. The van der Waals surface area contributed by atoms with Gasteiger partial charge in [-0.2, -0.15) is 0 Å². The van der Waals surface area contributed by atoms with Crippen LogP contribution in [-0.2, 0) is 11.2 Å². The van der Waals surface area contributed by atoms with Crippen molar-refractivity contribution in [3.8, 4) is 0 Å². The number of nitrogens with zero attached hydrogens (tertiary/aromatic N) is 3. The summed E-state index contributed by atoms with van der Waals surface area (Å²) in [7, 11) is 0. The lowest BCUT2D eigenvalue weighted by Crippen LogP contribution is -2.05. The minimum Gasteiger partial charge on any atom is -0.396 e. The summed E-state index contributed by atoms with van der Waals surface area (Å²) in [5.41, 5.74) is 0. The smallest absolute Gasteiger partial charge is 0.134 e. The lowest BCUT2D eigenvalue weighted by atomic mass is 10.4. The van der Waals surface area contributed by atoms with E-state index in [0.717, 1.165) is 19.9 Å². The third-order valence-electron chi connectivity index (χ3n) is 1.51. The van der Waals surface area contributed by atoms with Crippen molar-refractivity contribution >= 4 is 0 Å². The first-order valence-corrected chi connectivity index (χ1v) is 4.43. The van der Waals surface area contributed by atoms with Crippen LogP contribution in [0.15, 0.2) is 12.7 Å². The van der Waals surface area contributed by atoms with Crippen LogP contribution in [0.5, 0.6) is 0 Å². The molecule has 0 radical (unpaired) electrons. The Hall–Kier alpha value is -1.11. The van der Waals surface area contributed by atoms with E-state index in [4.69, 9.17) is 9.84 Å². The second-order valence-corrected chi connectivity index (χ2v) is 2.58. The number of hydrogen-bond acceptors (Lipinski definition) is 6. The minimum absolute atomic E-state index is 0.0873. The number of aliphatic hydroxyl groups excluding tert-OH is 1. The standard InChI is InChI=1S/C5H7N3O.C3H7NO/c9-2-1-5-7-3-6-4-8-5;1-2-5-3-4-1/h3-4,9H,1-2H2;4H,1-3H2. The van der Waals surface area contributed by atoms with Crippen LogP contribution in [0.4, 0.5) is 0 Å². The van der Waals surface area contributed by atoms with Gasteiger partial charge >= 0.3 is 0 Å². The first kappa shape index (κ1) is 11.0. The Balaban J connectivity index is 0.000000165. The zero-order valence-corrected chi connectivity index (χ0v) is 7.89. The van der Waals surface area contributed by atoms with Gasteiger partial charge in [0.25, 0.3) is 0 Å². The topological polar surface area (TPSA) is 80.2 Å². The number of aromatic nitrogens is 3. The third-order valence-corrected chi connectivity index (χ3v) is 1.51. The highest BCUT2D eigenvalue weighted by molar-refractivity contribution is 4.80. The molecule has 1 aromatic rings. The summed E-state index contributed by atoms with van der Waals surface area (Å²) in [6.07, 6.45) is 3.33. The van der Waals surface area contributed by atoms with Gasteiger partial charge in [-0.15, -0.1) is 0 Å². The van der Waals surface area contributed by atoms with Gasteiger partial charge in [-0.3, -0.25) is 5.32 Å². The maximum absolute atomic E-state index is 8.42. The molecule has 14 heavy (non-hydrogen) atoms. The van der Waals surface area contributed by atoms with E-state index >= 15 is 0 Å². The largest absolute Gasteiger partial charge is 0.396 e. The first-order chi connectivity index (χ1) is 6.93. The van der Waals surface area contributed by atoms with Gasteiger partial charge in [0.15, 0.2) is 0 Å². The van der Waals surface area contributed by atoms with Crippen LogP contribution in [0, 0.1) is 0 Å². The summed E-state index contributed by atoms with van der Waals surface area (Å²) in [6, 6.07) is 0. The van der Waals surface area contributed by atoms with Crippen LogP contribution in [0.1, 0.15) is 5.82 Å². The van der Waals surface area contributed by atoms with E-state index in [-0.39, 0.29) is 6.61 Å². The van der Waals surface area contributed by atoms with Crippen molar-refractivity contribution in [2.45, 2.75) is 6.42 Å². The molecular formula is C8H14N4O2. The molecule has 0 unspecified atom stereocenters. The fraction of sp³-hybridized carbons (Fsp3) is 0.625. The highest BCUT2D eigenvalue weighted by Gasteiger charge is 1.92. The van der Waals surface area contributed by atoms with Crippen molar-refractivity contribution < 1.29 is 9.84 Å². The van der Waals surface area contributed by atoms with Crippen molar-refractivity contribution in [2.24, 2.45) is 0 Å². The summed E-state index contributed by atoms with van der Waals surface area (Å²) < 4.78 is 4.83. The van der Waals surface area contributed by atoms with Gasteiger partial charge in [0.2, 0.25) is 0 Å². The number of hydrogen-bond donors (Lipinski definition) is 2. The Morgan fingerprint density at radius 2 is 2.21 bits per heavy atom. The number of ether oxygens (including phenoxy) is 1. The van der Waals surface area contributed by atoms with Gasteiger partial charge in [0, 0.05) is 13.0 Å². The molecule has 0 saturated carbocycles. The Bertz CT molecular complexity index is 220. The van der Waals surface area contributed by atoms with E-state index < -0.39 is 0 Å². The fourth-order valence-electron chi connectivity index (χ4n) is 0.853. The van der Waals surface area contributed by atoms with Crippen molar-refractivity contribution in [1.29, 1.82) is 0 Å². The van der Waals surface area contributed by atoms with E-state index in [1.807, 2.05) is 0 Å². The summed E-state index contributed by atoms with van der Waals surface area (Å²) in [4.78, 5) is 11.2. The summed E-state index contributed by atoms with van der Waals surface area (Å²) in [5, 5.41) is 11.4. The van der Waals surface area contributed by atoms with E-state index in [2.05, 4.69) is 20.3 Å². The second kappa shape index (κ2) is 7.31. The highest BCUT2D eigenvalue weighted by atomic mass is 16.5. The molecule has 0 spiro atoms. The normalized spacial score (nSPS) is 14.6. The monoisotopic (exact) mass is 198 g/mol. The van der Waals surface area contributed by atoms with Crippen molar-refractivity contribution in [3.05, 3.63) is 18.5 Å². The summed E-state index contributed by atoms with van der Waals surface area (Å²) in [5.74, 6) is 0.632. The van der Waals surface area contributed by atoms with Crippen molar-refractivity contribution in [2.75, 3.05) is 26.5 Å². The lowest BCUT2D eigenvalue weighted by molar-refractivity contribution is 0.194. The molecule has 1 aliphatic heterocycles. The zero-order valence-electron chi connectivity index (χ0n) is 7.89. The molecule has 0 atom stereocenters. The predicted molar refractivity (Wildman–Crippen MR) is 49.4 cm³/mol. The SMILES string of the molecule is C1COCN1.OCCc1ncncn1. The van der Waals surface area contributed by atoms with Crippen LogP contribution in [0.3, 0.4) is 0 Å². The predicted octanol–water partition coefficient (Wildman–Crippen LogP) is -1.03. The van der Waals surface area contributed by atoms with Gasteiger partial charge in [0.05, 0.1) is 19.9 Å². The molecule has 6 heteroatoms. The first-order valence-electron chi connectivity index (χ1n) is 4.43. The number of rotatable bonds is 2. The number of aliphatic hydroxyl groups is 1. The van der Waals surface area contributed by atoms with E-state index in [9.17, 15) is 0 Å². The van der Waals surface area contributed by atoms with Crippen LogP contribution < -0.4 is 5.32 Å². The second-order valence-electron chi connectivity index (χ2n) is 2.58. The van der Waals surface area contributed by atoms with Crippen molar-refractivity contribution in [1.82, 2.24) is 20.3 Å². The molecule has 0 amide bonds. The maximum atomic E-state index is 8.42. The summed E-state index contributed by atoms with van der Waals surface area (Å²) >= 11 is 0. The molecule has 2 heterocycles. The Kier molecular flexibility index (Phi) is 5.73. The molecule has 6 nitrogen and oxygen atoms in total. The molecule has 0 aliphatic carbocycles. The van der Waals surface area contributed by atoms with E-state index in [1.165, 1.54) is 12.7 Å². The van der Waals surface area contributed by atoms with Gasteiger partial charge in [-0.1, -0.05) is 0 Å². The molecule has 0 aromatic carbocycles. The molecule has 1 aliphatic rings. The average molecular weight is 198 g/mol. The molecule has 2 N–H and O–H groups in total. The molecule has 0 bridgehead atoms. The van der Waals surface area contributed by atoms with Crippen molar-refractivity contribution in [3.63, 3.8) is 0 Å². The molecular weight excluding hydrogens is 184 g/mol. The van der Waals surface area contributed by atoms with E-state index in [0.29, 0.717) is 12.2 Å². The van der Waals surface area contributed by atoms with Crippen LogP contribution in [-0.4, -0.2) is 46.5 Å². The molecule has 1 fully saturated rings. The third kappa shape index (κ3) is 4.80. The lowest BCUT2D eigenvalue weighted by Gasteiger charge is -1.90. The minimum atomic E-state index is 0.0873. The Morgan fingerprint density at radius 3 is 2.64 bits per heavy atom. The van der Waals surface area contributed by atoms with Crippen LogP contribution in [0.2, 0.25) is 0 Å².